The summed E-state index contributed by atoms with van der Waals surface area (Å²) in [6.07, 6.45) is 7.59. The standard InChI is InChI=1S/C15H18N4O3S/c20-15(12-3-8-23(21,22)9-4-12)18-10-13-2-1-5-17-14(13)19-7-6-16-11-19/h1-2,5-7,11-12H,3-4,8-10H2,(H,18,20). The number of nitrogens with one attached hydrogen (secondary N) is 1. The van der Waals surface area contributed by atoms with E-state index in [1.807, 2.05) is 12.1 Å². The number of pyridine rings is 1. The molecule has 0 radical (unpaired) electrons. The molecule has 8 heteroatoms. The number of rotatable bonds is 4. The highest BCUT2D eigenvalue weighted by molar-refractivity contribution is 7.91. The molecule has 0 spiro atoms. The van der Waals surface area contributed by atoms with Crippen LogP contribution < -0.4 is 5.32 Å². The van der Waals surface area contributed by atoms with E-state index >= 15 is 0 Å². The van der Waals surface area contributed by atoms with E-state index in [1.54, 1.807) is 29.5 Å². The first-order chi connectivity index (χ1) is 11.1. The summed E-state index contributed by atoms with van der Waals surface area (Å²) < 4.78 is 24.6. The lowest BCUT2D eigenvalue weighted by molar-refractivity contribution is -0.125. The Kier molecular flexibility index (Phi) is 4.42. The van der Waals surface area contributed by atoms with E-state index < -0.39 is 9.84 Å². The summed E-state index contributed by atoms with van der Waals surface area (Å²) in [7, 11) is -2.95. The molecule has 0 unspecified atom stereocenters. The second-order valence-corrected chi connectivity index (χ2v) is 7.90. The molecule has 1 aliphatic rings. The number of imidazole rings is 1. The van der Waals surface area contributed by atoms with Crippen LogP contribution in [0.15, 0.2) is 37.1 Å². The molecule has 0 aliphatic carbocycles. The molecule has 1 aliphatic heterocycles. The van der Waals surface area contributed by atoms with Gasteiger partial charge in [0.25, 0.3) is 0 Å². The summed E-state index contributed by atoms with van der Waals surface area (Å²) in [6, 6.07) is 3.71. The van der Waals surface area contributed by atoms with E-state index in [0.29, 0.717) is 19.4 Å². The number of hydrogen-bond acceptors (Lipinski definition) is 5. The van der Waals surface area contributed by atoms with E-state index in [-0.39, 0.29) is 23.3 Å². The minimum absolute atomic E-state index is 0.0955. The molecule has 3 rings (SSSR count). The lowest BCUT2D eigenvalue weighted by Gasteiger charge is -2.21. The van der Waals surface area contributed by atoms with Crippen molar-refractivity contribution >= 4 is 15.7 Å². The average molecular weight is 334 g/mol. The van der Waals surface area contributed by atoms with Crippen LogP contribution in [0.1, 0.15) is 18.4 Å². The van der Waals surface area contributed by atoms with Gasteiger partial charge in [-0.2, -0.15) is 0 Å². The van der Waals surface area contributed by atoms with Crippen molar-refractivity contribution in [1.82, 2.24) is 19.9 Å². The van der Waals surface area contributed by atoms with Crippen LogP contribution in [0, 0.1) is 5.92 Å². The zero-order valence-corrected chi connectivity index (χ0v) is 13.4. The van der Waals surface area contributed by atoms with Gasteiger partial charge in [-0.25, -0.2) is 18.4 Å². The SMILES string of the molecule is O=C(NCc1cccnc1-n1ccnc1)C1CCS(=O)(=O)CC1. The molecule has 0 aromatic carbocycles. The third-order valence-corrected chi connectivity index (χ3v) is 5.71. The Morgan fingerprint density at radius 2 is 2.09 bits per heavy atom. The van der Waals surface area contributed by atoms with E-state index in [2.05, 4.69) is 15.3 Å². The number of nitrogens with zero attached hydrogens (tertiary/aromatic N) is 3. The number of amides is 1. The fourth-order valence-electron chi connectivity index (χ4n) is 2.66. The largest absolute Gasteiger partial charge is 0.352 e. The van der Waals surface area contributed by atoms with Crippen molar-refractivity contribution < 1.29 is 13.2 Å². The smallest absolute Gasteiger partial charge is 0.223 e. The highest BCUT2D eigenvalue weighted by Crippen LogP contribution is 2.19. The third-order valence-electron chi connectivity index (χ3n) is 3.99. The predicted molar refractivity (Wildman–Crippen MR) is 84.6 cm³/mol. The zero-order valence-electron chi connectivity index (χ0n) is 12.6. The van der Waals surface area contributed by atoms with Gasteiger partial charge in [-0.05, 0) is 18.9 Å². The van der Waals surface area contributed by atoms with Gasteiger partial charge in [0.15, 0.2) is 0 Å². The molecular weight excluding hydrogens is 316 g/mol. The van der Waals surface area contributed by atoms with Gasteiger partial charge >= 0.3 is 0 Å². The van der Waals surface area contributed by atoms with Crippen molar-refractivity contribution in [3.8, 4) is 5.82 Å². The first-order valence-electron chi connectivity index (χ1n) is 7.45. The molecule has 0 saturated carbocycles. The lowest BCUT2D eigenvalue weighted by Crippen LogP contribution is -2.36. The number of sulfone groups is 1. The van der Waals surface area contributed by atoms with Crippen LogP contribution in [0.3, 0.4) is 0 Å². The quantitative estimate of drug-likeness (QED) is 0.888. The normalized spacial score (nSPS) is 17.7. The summed E-state index contributed by atoms with van der Waals surface area (Å²) in [5, 5.41) is 2.89. The van der Waals surface area contributed by atoms with Gasteiger partial charge in [0.2, 0.25) is 5.91 Å². The Labute approximate surface area is 134 Å². The fourth-order valence-corrected chi connectivity index (χ4v) is 4.16. The minimum atomic E-state index is -2.95. The molecule has 7 nitrogen and oxygen atoms in total. The van der Waals surface area contributed by atoms with Crippen molar-refractivity contribution in [3.05, 3.63) is 42.6 Å². The first-order valence-corrected chi connectivity index (χ1v) is 9.28. The molecule has 2 aromatic heterocycles. The third kappa shape index (κ3) is 3.76. The zero-order chi connectivity index (χ0) is 16.3. The predicted octanol–water partition coefficient (Wildman–Crippen LogP) is 0.708. The summed E-state index contributed by atoms with van der Waals surface area (Å²) >= 11 is 0. The van der Waals surface area contributed by atoms with E-state index in [4.69, 9.17) is 0 Å². The van der Waals surface area contributed by atoms with E-state index in [9.17, 15) is 13.2 Å². The molecule has 1 fully saturated rings. The highest BCUT2D eigenvalue weighted by Gasteiger charge is 2.28. The van der Waals surface area contributed by atoms with Gasteiger partial charge in [-0.3, -0.25) is 9.36 Å². The molecule has 23 heavy (non-hydrogen) atoms. The van der Waals surface area contributed by atoms with Crippen LogP contribution in [0.4, 0.5) is 0 Å². The van der Waals surface area contributed by atoms with Crippen LogP contribution in [-0.4, -0.2) is 40.4 Å². The van der Waals surface area contributed by atoms with Gasteiger partial charge in [-0.15, -0.1) is 0 Å². The Hall–Kier alpha value is -2.22. The van der Waals surface area contributed by atoms with Crippen LogP contribution >= 0.6 is 0 Å². The highest BCUT2D eigenvalue weighted by atomic mass is 32.2. The van der Waals surface area contributed by atoms with Crippen molar-refractivity contribution in [1.29, 1.82) is 0 Å². The summed E-state index contributed by atoms with van der Waals surface area (Å²) in [5.74, 6) is 0.583. The summed E-state index contributed by atoms with van der Waals surface area (Å²) in [6.45, 7) is 0.351. The van der Waals surface area contributed by atoms with Crippen LogP contribution in [0.2, 0.25) is 0 Å². The maximum absolute atomic E-state index is 12.2. The lowest BCUT2D eigenvalue weighted by atomic mass is 10.0. The summed E-state index contributed by atoms with van der Waals surface area (Å²) in [5.41, 5.74) is 0.877. The minimum Gasteiger partial charge on any atom is -0.352 e. The molecule has 0 atom stereocenters. The van der Waals surface area contributed by atoms with Crippen molar-refractivity contribution in [2.24, 2.45) is 5.92 Å². The molecular formula is C15H18N4O3S. The van der Waals surface area contributed by atoms with Crippen molar-refractivity contribution in [2.45, 2.75) is 19.4 Å². The van der Waals surface area contributed by atoms with Crippen LogP contribution in [-0.2, 0) is 21.2 Å². The molecule has 1 N–H and O–H groups in total. The topological polar surface area (TPSA) is 93.9 Å². The molecule has 122 valence electrons. The van der Waals surface area contributed by atoms with Gasteiger partial charge in [0.1, 0.15) is 22.0 Å². The molecule has 1 saturated heterocycles. The van der Waals surface area contributed by atoms with Gasteiger partial charge in [0.05, 0.1) is 11.5 Å². The Balaban J connectivity index is 1.64. The molecule has 2 aromatic rings. The van der Waals surface area contributed by atoms with Crippen LogP contribution in [0.25, 0.3) is 5.82 Å². The van der Waals surface area contributed by atoms with Crippen LogP contribution in [0.5, 0.6) is 0 Å². The molecule has 1 amide bonds. The van der Waals surface area contributed by atoms with Gasteiger partial charge in [-0.1, -0.05) is 6.07 Å². The van der Waals surface area contributed by atoms with Crippen molar-refractivity contribution in [2.75, 3.05) is 11.5 Å². The molecule has 0 bridgehead atoms. The van der Waals surface area contributed by atoms with E-state index in [0.717, 1.165) is 11.4 Å². The second kappa shape index (κ2) is 6.49. The first kappa shape index (κ1) is 15.7. The monoisotopic (exact) mass is 334 g/mol. The second-order valence-electron chi connectivity index (χ2n) is 5.60. The number of carbonyl (C=O) groups excluding carboxylic acids is 1. The number of hydrogen-bond donors (Lipinski definition) is 1. The number of aromatic nitrogens is 3. The van der Waals surface area contributed by atoms with Gasteiger partial charge in [0, 0.05) is 36.6 Å². The average Bonchev–Trinajstić information content (AvgIpc) is 3.07. The van der Waals surface area contributed by atoms with E-state index in [1.165, 1.54) is 0 Å². The van der Waals surface area contributed by atoms with Gasteiger partial charge < -0.3 is 5.32 Å². The maximum atomic E-state index is 12.2. The van der Waals surface area contributed by atoms with Crippen molar-refractivity contribution in [3.63, 3.8) is 0 Å². The Morgan fingerprint density at radius 3 is 2.78 bits per heavy atom. The summed E-state index contributed by atoms with van der Waals surface area (Å²) in [4.78, 5) is 20.6. The Bertz CT molecular complexity index is 773. The number of carbonyl (C=O) groups is 1. The fraction of sp³-hybridized carbons (Fsp3) is 0.400. The molecule has 3 heterocycles. The maximum Gasteiger partial charge on any atom is 0.223 e. The Morgan fingerprint density at radius 1 is 1.30 bits per heavy atom.